The van der Waals surface area contributed by atoms with Gasteiger partial charge >= 0.3 is 16.2 Å². The molecule has 1 aromatic carbocycles. The van der Waals surface area contributed by atoms with E-state index in [1.165, 1.54) is 20.0 Å². The molecule has 0 aliphatic carbocycles. The molecule has 0 radical (unpaired) electrons. The topological polar surface area (TPSA) is 72.5 Å². The van der Waals surface area contributed by atoms with Crippen molar-refractivity contribution in [2.75, 3.05) is 19.5 Å². The van der Waals surface area contributed by atoms with Crippen molar-refractivity contribution in [2.24, 2.45) is 0 Å². The molecule has 0 atom stereocenters. The van der Waals surface area contributed by atoms with Gasteiger partial charge in [-0.25, -0.2) is 4.79 Å². The van der Waals surface area contributed by atoms with Crippen LogP contribution in [0.25, 0.3) is 0 Å². The molecule has 0 fully saturated rings. The summed E-state index contributed by atoms with van der Waals surface area (Å²) >= 11 is 0. The first-order chi connectivity index (χ1) is 7.81. The molecule has 1 aromatic rings. The molecule has 7 heteroatoms. The molecule has 0 amide bonds. The average molecular weight is 261 g/mol. The van der Waals surface area contributed by atoms with Crippen LogP contribution in [-0.2, 0) is 15.0 Å². The van der Waals surface area contributed by atoms with Crippen LogP contribution in [0.1, 0.15) is 15.9 Å². The van der Waals surface area contributed by atoms with Gasteiger partial charge in [0, 0.05) is 12.7 Å². The average Bonchev–Trinajstić information content (AvgIpc) is 2.26. The van der Waals surface area contributed by atoms with Gasteiger partial charge in [0.2, 0.25) is 0 Å². The van der Waals surface area contributed by atoms with Crippen molar-refractivity contribution in [3.63, 3.8) is 0 Å². The third-order valence-corrected chi connectivity index (χ3v) is 3.27. The Balaban J connectivity index is 3.58. The molecule has 0 unspecified atom stereocenters. The molecule has 17 heavy (non-hydrogen) atoms. The summed E-state index contributed by atoms with van der Waals surface area (Å²) in [4.78, 5) is 10.9. The monoisotopic (exact) mass is 261 g/mol. The van der Waals surface area contributed by atoms with Gasteiger partial charge in [-0.15, -0.1) is 3.89 Å². The number of methoxy groups -OCH3 is 1. The minimum Gasteiger partial charge on any atom is -0.465 e. The van der Waals surface area contributed by atoms with Gasteiger partial charge in [-0.3, -0.25) is 0 Å². The number of anilines is 1. The van der Waals surface area contributed by atoms with Crippen LogP contribution in [0.2, 0.25) is 0 Å². The van der Waals surface area contributed by atoms with E-state index in [0.717, 1.165) is 13.2 Å². The summed E-state index contributed by atoms with van der Waals surface area (Å²) in [5.41, 5.74) is 0.348. The van der Waals surface area contributed by atoms with Gasteiger partial charge in [-0.05, 0) is 24.6 Å². The van der Waals surface area contributed by atoms with E-state index >= 15 is 0 Å². The number of hydrogen-bond acceptors (Lipinski definition) is 5. The molecule has 1 N–H and O–H groups in total. The van der Waals surface area contributed by atoms with E-state index in [1.807, 2.05) is 0 Å². The number of hydrogen-bond donors (Lipinski definition) is 1. The zero-order chi connectivity index (χ0) is 13.2. The molecular formula is C10H12FNO4S. The maximum atomic E-state index is 13.0. The minimum atomic E-state index is -4.88. The zero-order valence-corrected chi connectivity index (χ0v) is 10.4. The Kier molecular flexibility index (Phi) is 3.72. The molecule has 0 heterocycles. The fraction of sp³-hybridized carbons (Fsp3) is 0.300. The number of carbonyl (C=O) groups is 1. The second-order valence-electron chi connectivity index (χ2n) is 3.33. The molecule has 1 rings (SSSR count). The number of esters is 1. The van der Waals surface area contributed by atoms with Crippen LogP contribution in [0, 0.1) is 6.92 Å². The highest BCUT2D eigenvalue weighted by Gasteiger charge is 2.22. The van der Waals surface area contributed by atoms with Gasteiger partial charge in [-0.1, -0.05) is 0 Å². The first kappa shape index (κ1) is 13.4. The smallest absolute Gasteiger partial charge is 0.338 e. The largest absolute Gasteiger partial charge is 0.465 e. The fourth-order valence-corrected chi connectivity index (χ4v) is 2.15. The maximum absolute atomic E-state index is 13.0. The van der Waals surface area contributed by atoms with Crippen LogP contribution in [0.15, 0.2) is 17.0 Å². The predicted molar refractivity (Wildman–Crippen MR) is 60.4 cm³/mol. The normalized spacial score (nSPS) is 11.1. The van der Waals surface area contributed by atoms with Crippen molar-refractivity contribution < 1.29 is 21.8 Å². The van der Waals surface area contributed by atoms with Crippen molar-refractivity contribution >= 4 is 21.9 Å². The Morgan fingerprint density at radius 3 is 2.41 bits per heavy atom. The lowest BCUT2D eigenvalue weighted by Gasteiger charge is -2.10. The Labute approximate surface area is 98.8 Å². The lowest BCUT2D eigenvalue weighted by molar-refractivity contribution is 0.0599. The second kappa shape index (κ2) is 4.70. The van der Waals surface area contributed by atoms with Crippen LogP contribution in [0.5, 0.6) is 0 Å². The highest BCUT2D eigenvalue weighted by molar-refractivity contribution is 7.86. The van der Waals surface area contributed by atoms with E-state index < -0.39 is 21.1 Å². The van der Waals surface area contributed by atoms with Crippen molar-refractivity contribution in [3.8, 4) is 0 Å². The van der Waals surface area contributed by atoms with E-state index in [9.17, 15) is 17.1 Å². The first-order valence-electron chi connectivity index (χ1n) is 4.66. The van der Waals surface area contributed by atoms with Crippen LogP contribution < -0.4 is 5.32 Å². The predicted octanol–water partition coefficient (Wildman–Crippen LogP) is 1.48. The second-order valence-corrected chi connectivity index (χ2v) is 4.64. The zero-order valence-electron chi connectivity index (χ0n) is 9.57. The van der Waals surface area contributed by atoms with E-state index in [-0.39, 0.29) is 11.1 Å². The Morgan fingerprint density at radius 1 is 1.41 bits per heavy atom. The summed E-state index contributed by atoms with van der Waals surface area (Å²) in [5, 5.41) is 2.65. The Bertz CT molecular complexity index is 554. The summed E-state index contributed by atoms with van der Waals surface area (Å²) < 4.78 is 39.4. The number of carbonyl (C=O) groups excluding carboxylic acids is 1. The Morgan fingerprint density at radius 2 is 2.00 bits per heavy atom. The lowest BCUT2D eigenvalue weighted by atomic mass is 10.1. The molecule has 0 bridgehead atoms. The first-order valence-corrected chi connectivity index (χ1v) is 6.05. The summed E-state index contributed by atoms with van der Waals surface area (Å²) in [6.45, 7) is 1.35. The van der Waals surface area contributed by atoms with E-state index in [4.69, 9.17) is 0 Å². The van der Waals surface area contributed by atoms with Gasteiger partial charge in [0.05, 0.1) is 12.7 Å². The molecule has 0 aliphatic heterocycles. The van der Waals surface area contributed by atoms with E-state index in [2.05, 4.69) is 10.1 Å². The van der Waals surface area contributed by atoms with Crippen LogP contribution in [-0.4, -0.2) is 28.5 Å². The quantitative estimate of drug-likeness (QED) is 0.659. The van der Waals surface area contributed by atoms with Gasteiger partial charge < -0.3 is 10.1 Å². The number of halogens is 1. The van der Waals surface area contributed by atoms with Gasteiger partial charge in [0.1, 0.15) is 4.90 Å². The van der Waals surface area contributed by atoms with Gasteiger partial charge in [0.25, 0.3) is 0 Å². The summed E-state index contributed by atoms with van der Waals surface area (Å²) in [6, 6.07) is 2.52. The van der Waals surface area contributed by atoms with E-state index in [0.29, 0.717) is 5.69 Å². The molecule has 0 spiro atoms. The van der Waals surface area contributed by atoms with Crippen molar-refractivity contribution in [1.82, 2.24) is 0 Å². The van der Waals surface area contributed by atoms with Gasteiger partial charge in [0.15, 0.2) is 0 Å². The molecule has 0 aliphatic rings. The summed E-state index contributed by atoms with van der Waals surface area (Å²) in [7, 11) is -2.19. The SMILES string of the molecule is CNc1cc(C(=O)OC)c(C)c(S(=O)(=O)F)c1. The number of rotatable bonds is 3. The van der Waals surface area contributed by atoms with Crippen LogP contribution in [0.3, 0.4) is 0 Å². The van der Waals surface area contributed by atoms with Crippen LogP contribution in [0.4, 0.5) is 9.57 Å². The number of benzene rings is 1. The maximum Gasteiger partial charge on any atom is 0.338 e. The molecular weight excluding hydrogens is 249 g/mol. The van der Waals surface area contributed by atoms with Crippen molar-refractivity contribution in [2.45, 2.75) is 11.8 Å². The van der Waals surface area contributed by atoms with E-state index in [1.54, 1.807) is 0 Å². The lowest BCUT2D eigenvalue weighted by Crippen LogP contribution is -2.08. The molecule has 94 valence electrons. The van der Waals surface area contributed by atoms with Crippen molar-refractivity contribution in [1.29, 1.82) is 0 Å². The third-order valence-electron chi connectivity index (χ3n) is 2.32. The highest BCUT2D eigenvalue weighted by Crippen LogP contribution is 2.26. The molecule has 0 saturated carbocycles. The molecule has 0 saturated heterocycles. The Hall–Kier alpha value is -1.63. The third kappa shape index (κ3) is 2.73. The fourth-order valence-electron chi connectivity index (χ4n) is 1.41. The summed E-state index contributed by atoms with van der Waals surface area (Å²) in [5.74, 6) is -0.718. The number of ether oxygens (including phenoxy) is 1. The summed E-state index contributed by atoms with van der Waals surface area (Å²) in [6.07, 6.45) is 0. The highest BCUT2D eigenvalue weighted by atomic mass is 32.3. The molecule has 0 aromatic heterocycles. The number of nitrogens with one attached hydrogen (secondary N) is 1. The van der Waals surface area contributed by atoms with Crippen molar-refractivity contribution in [3.05, 3.63) is 23.3 Å². The standard InChI is InChI=1S/C10H12FNO4S/c1-6-8(10(13)16-3)4-7(12-2)5-9(6)17(11,14)15/h4-5,12H,1-3H3. The molecule has 5 nitrogen and oxygen atoms in total. The van der Waals surface area contributed by atoms with Crippen LogP contribution >= 0.6 is 0 Å². The minimum absolute atomic E-state index is 0.00979. The van der Waals surface area contributed by atoms with Gasteiger partial charge in [-0.2, -0.15) is 8.42 Å².